The molecule has 1 N–H and O–H groups in total. The molecule has 0 bridgehead atoms. The van der Waals surface area contributed by atoms with E-state index in [1.54, 1.807) is 18.9 Å². The molecule has 1 heterocycles. The van der Waals surface area contributed by atoms with Gasteiger partial charge >= 0.3 is 0 Å². The Bertz CT molecular complexity index is 892. The molecule has 0 saturated carbocycles. The number of thioether (sulfide) groups is 1. The largest absolute Gasteiger partial charge is 0.497 e. The number of carbonyl (C=O) groups excluding carboxylic acids is 1. The van der Waals surface area contributed by atoms with Gasteiger partial charge in [-0.05, 0) is 30.0 Å². The normalized spacial score (nSPS) is 10.5. The molecule has 0 spiro atoms. The van der Waals surface area contributed by atoms with E-state index < -0.39 is 0 Å². The summed E-state index contributed by atoms with van der Waals surface area (Å²) in [5, 5.41) is 6.94. The summed E-state index contributed by atoms with van der Waals surface area (Å²) in [4.78, 5) is 13.5. The van der Waals surface area contributed by atoms with Crippen LogP contribution in [0, 0.1) is 0 Å². The number of aromatic nitrogens is 1. The van der Waals surface area contributed by atoms with Crippen LogP contribution >= 0.6 is 11.8 Å². The van der Waals surface area contributed by atoms with Gasteiger partial charge in [-0.15, -0.1) is 11.8 Å². The molecule has 0 unspecified atom stereocenters. The fourth-order valence-electron chi connectivity index (χ4n) is 2.51. The molecule has 0 fully saturated rings. The lowest BCUT2D eigenvalue weighted by Crippen LogP contribution is -2.23. The number of benzene rings is 2. The number of ether oxygens (including phenoxy) is 1. The van der Waals surface area contributed by atoms with Crippen molar-refractivity contribution in [1.82, 2.24) is 10.5 Å². The van der Waals surface area contributed by atoms with Gasteiger partial charge in [-0.2, -0.15) is 0 Å². The molecule has 5 nitrogen and oxygen atoms in total. The number of hydrogen-bond acceptors (Lipinski definition) is 5. The number of amides is 1. The second-order valence-corrected chi connectivity index (χ2v) is 6.83. The number of hydrogen-bond donors (Lipinski definition) is 1. The van der Waals surface area contributed by atoms with E-state index in [1.807, 2.05) is 54.6 Å². The summed E-state index contributed by atoms with van der Waals surface area (Å²) in [5.41, 5.74) is 2.21. The zero-order valence-corrected chi connectivity index (χ0v) is 15.5. The topological polar surface area (TPSA) is 64.4 Å². The molecule has 0 atom stereocenters. The van der Waals surface area contributed by atoms with E-state index in [0.29, 0.717) is 23.6 Å². The van der Waals surface area contributed by atoms with Gasteiger partial charge < -0.3 is 14.6 Å². The van der Waals surface area contributed by atoms with Crippen molar-refractivity contribution in [2.75, 3.05) is 12.9 Å². The summed E-state index contributed by atoms with van der Waals surface area (Å²) in [5.74, 6) is 2.18. The van der Waals surface area contributed by atoms with Crippen LogP contribution in [-0.2, 0) is 6.54 Å². The summed E-state index contributed by atoms with van der Waals surface area (Å²) in [6.45, 7) is 2.37. The molecule has 0 aliphatic heterocycles. The minimum Gasteiger partial charge on any atom is -0.497 e. The predicted molar refractivity (Wildman–Crippen MR) is 103 cm³/mol. The van der Waals surface area contributed by atoms with Crippen LogP contribution < -0.4 is 10.1 Å². The van der Waals surface area contributed by atoms with Crippen LogP contribution in [0.4, 0.5) is 0 Å². The fourth-order valence-corrected chi connectivity index (χ4v) is 3.31. The first-order chi connectivity index (χ1) is 12.7. The minimum atomic E-state index is -0.118. The summed E-state index contributed by atoms with van der Waals surface area (Å²) in [7, 11) is 1.62. The van der Waals surface area contributed by atoms with Gasteiger partial charge in [0.15, 0.2) is 5.76 Å². The molecule has 3 aromatic rings. The highest BCUT2D eigenvalue weighted by Gasteiger charge is 2.12. The fraction of sp³-hybridized carbons (Fsp3) is 0.200. The van der Waals surface area contributed by atoms with Gasteiger partial charge in [-0.3, -0.25) is 4.79 Å². The van der Waals surface area contributed by atoms with E-state index >= 15 is 0 Å². The average molecular weight is 368 g/mol. The van der Waals surface area contributed by atoms with Crippen molar-refractivity contribution in [3.63, 3.8) is 0 Å². The van der Waals surface area contributed by atoms with Crippen molar-refractivity contribution in [3.8, 4) is 17.1 Å². The van der Waals surface area contributed by atoms with Crippen LogP contribution in [0.15, 0.2) is 64.0 Å². The van der Waals surface area contributed by atoms with Crippen LogP contribution in [0.25, 0.3) is 11.3 Å². The van der Waals surface area contributed by atoms with Gasteiger partial charge in [-0.25, -0.2) is 0 Å². The van der Waals surface area contributed by atoms with Crippen molar-refractivity contribution in [2.24, 2.45) is 0 Å². The first-order valence-corrected chi connectivity index (χ1v) is 9.30. The molecule has 0 aliphatic carbocycles. The van der Waals surface area contributed by atoms with Gasteiger partial charge in [0.2, 0.25) is 0 Å². The lowest BCUT2D eigenvalue weighted by atomic mass is 10.1. The molecule has 0 saturated heterocycles. The molecule has 2 aromatic carbocycles. The predicted octanol–water partition coefficient (Wildman–Crippen LogP) is 4.39. The molecule has 1 amide bonds. The molecule has 26 heavy (non-hydrogen) atoms. The SMILES string of the molecule is CCSc1ccccc1C(=O)NCc1cc(-c2cccc(OC)c2)on1. The standard InChI is InChI=1S/C20H20N2O3S/c1-3-26-19-10-5-4-9-17(19)20(23)21-13-15-12-18(25-22-15)14-7-6-8-16(11-14)24-2/h4-12H,3,13H2,1-2H3,(H,21,23). The van der Waals surface area contributed by atoms with Crippen LogP contribution in [-0.4, -0.2) is 23.9 Å². The van der Waals surface area contributed by atoms with Crippen molar-refractivity contribution in [1.29, 1.82) is 0 Å². The van der Waals surface area contributed by atoms with Gasteiger partial charge in [0.25, 0.3) is 5.91 Å². The number of rotatable bonds is 7. The summed E-state index contributed by atoms with van der Waals surface area (Å²) >= 11 is 1.65. The van der Waals surface area contributed by atoms with Crippen molar-refractivity contribution in [3.05, 3.63) is 65.9 Å². The second-order valence-electron chi connectivity index (χ2n) is 5.53. The average Bonchev–Trinajstić information content (AvgIpc) is 3.16. The maximum Gasteiger partial charge on any atom is 0.252 e. The Balaban J connectivity index is 1.67. The Kier molecular flexibility index (Phi) is 5.96. The number of nitrogens with zero attached hydrogens (tertiary/aromatic N) is 1. The molecule has 6 heteroatoms. The Morgan fingerprint density at radius 1 is 1.19 bits per heavy atom. The molecular weight excluding hydrogens is 348 g/mol. The zero-order valence-electron chi connectivity index (χ0n) is 14.7. The highest BCUT2D eigenvalue weighted by atomic mass is 32.2. The van der Waals surface area contributed by atoms with Gasteiger partial charge in [0.05, 0.1) is 19.2 Å². The first kappa shape index (κ1) is 18.1. The van der Waals surface area contributed by atoms with E-state index in [1.165, 1.54) is 0 Å². The van der Waals surface area contributed by atoms with E-state index in [0.717, 1.165) is 22.0 Å². The van der Waals surface area contributed by atoms with Gasteiger partial charge in [-0.1, -0.05) is 36.3 Å². The maximum absolute atomic E-state index is 12.5. The zero-order chi connectivity index (χ0) is 18.4. The quantitative estimate of drug-likeness (QED) is 0.627. The lowest BCUT2D eigenvalue weighted by Gasteiger charge is -2.08. The van der Waals surface area contributed by atoms with E-state index in [2.05, 4.69) is 17.4 Å². The third kappa shape index (κ3) is 4.26. The highest BCUT2D eigenvalue weighted by Crippen LogP contribution is 2.25. The van der Waals surface area contributed by atoms with E-state index in [4.69, 9.17) is 9.26 Å². The molecule has 3 rings (SSSR count). The van der Waals surface area contributed by atoms with Gasteiger partial charge in [0, 0.05) is 16.5 Å². The molecule has 134 valence electrons. The Morgan fingerprint density at radius 2 is 2.04 bits per heavy atom. The Hall–Kier alpha value is -2.73. The van der Waals surface area contributed by atoms with Crippen molar-refractivity contribution < 1.29 is 14.1 Å². The number of nitrogens with one attached hydrogen (secondary N) is 1. The summed E-state index contributed by atoms with van der Waals surface area (Å²) in [6, 6.07) is 17.0. The van der Waals surface area contributed by atoms with Crippen LogP contribution in [0.2, 0.25) is 0 Å². The third-order valence-corrected chi connectivity index (χ3v) is 4.73. The number of carbonyl (C=O) groups is 1. The monoisotopic (exact) mass is 368 g/mol. The van der Waals surface area contributed by atoms with Crippen LogP contribution in [0.3, 0.4) is 0 Å². The smallest absolute Gasteiger partial charge is 0.252 e. The first-order valence-electron chi connectivity index (χ1n) is 8.31. The lowest BCUT2D eigenvalue weighted by molar-refractivity contribution is 0.0947. The summed E-state index contributed by atoms with van der Waals surface area (Å²) in [6.07, 6.45) is 0. The Labute approximate surface area is 156 Å². The maximum atomic E-state index is 12.5. The highest BCUT2D eigenvalue weighted by molar-refractivity contribution is 7.99. The summed E-state index contributed by atoms with van der Waals surface area (Å²) < 4.78 is 10.6. The van der Waals surface area contributed by atoms with Crippen LogP contribution in [0.1, 0.15) is 23.0 Å². The van der Waals surface area contributed by atoms with Crippen molar-refractivity contribution in [2.45, 2.75) is 18.4 Å². The van der Waals surface area contributed by atoms with Crippen molar-refractivity contribution >= 4 is 17.7 Å². The van der Waals surface area contributed by atoms with E-state index in [-0.39, 0.29) is 5.91 Å². The molecular formula is C20H20N2O3S. The minimum absolute atomic E-state index is 0.118. The molecule has 1 aromatic heterocycles. The third-order valence-electron chi connectivity index (χ3n) is 3.77. The molecule has 0 aliphatic rings. The second kappa shape index (κ2) is 8.58. The van der Waals surface area contributed by atoms with E-state index in [9.17, 15) is 4.79 Å². The molecule has 0 radical (unpaired) electrons. The van der Waals surface area contributed by atoms with Gasteiger partial charge in [0.1, 0.15) is 11.4 Å². The number of methoxy groups -OCH3 is 1. The Morgan fingerprint density at radius 3 is 2.85 bits per heavy atom. The van der Waals surface area contributed by atoms with Crippen LogP contribution in [0.5, 0.6) is 5.75 Å².